The van der Waals surface area contributed by atoms with Gasteiger partial charge >= 0.3 is 15.6 Å². The third-order valence-corrected chi connectivity index (χ3v) is 3.86. The van der Waals surface area contributed by atoms with E-state index in [9.17, 15) is 21.6 Å². The van der Waals surface area contributed by atoms with Gasteiger partial charge in [-0.15, -0.1) is 0 Å². The molecule has 0 aromatic rings. The summed E-state index contributed by atoms with van der Waals surface area (Å²) in [6, 6.07) is 0. The van der Waals surface area contributed by atoms with Crippen molar-refractivity contribution in [2.75, 3.05) is 11.5 Å². The van der Waals surface area contributed by atoms with E-state index in [0.717, 1.165) is 0 Å². The average molecular weight is 250 g/mol. The van der Waals surface area contributed by atoms with Crippen molar-refractivity contribution in [3.63, 3.8) is 0 Å². The first kappa shape index (κ1) is 12.1. The molecule has 1 aliphatic rings. The Morgan fingerprint density at radius 2 is 1.71 bits per heavy atom. The Bertz CT molecular complexity index is 279. The van der Waals surface area contributed by atoms with Crippen LogP contribution in [0.2, 0.25) is 0 Å². The first-order chi connectivity index (χ1) is 6.33. The lowest BCUT2D eigenvalue weighted by Gasteiger charge is -2.21. The monoisotopic (exact) mass is 250 g/mol. The lowest BCUT2D eigenvalue weighted by Crippen LogP contribution is -2.31. The quantitative estimate of drug-likeness (QED) is 0.553. The minimum atomic E-state index is -5.41. The molecule has 1 saturated heterocycles. The third-order valence-electron chi connectivity index (χ3n) is 1.71. The molecule has 0 atom stereocenters. The van der Waals surface area contributed by atoms with E-state index >= 15 is 0 Å². The second-order valence-corrected chi connectivity index (χ2v) is 5.60. The average Bonchev–Trinajstić information content (AvgIpc) is 2.03. The van der Waals surface area contributed by atoms with Gasteiger partial charge in [-0.1, -0.05) is 0 Å². The molecule has 0 saturated carbocycles. The van der Waals surface area contributed by atoms with Gasteiger partial charge in [0, 0.05) is 0 Å². The smallest absolute Gasteiger partial charge is 0.260 e. The molecule has 0 aliphatic carbocycles. The SMILES string of the molecule is O=S(=O)(OC1CCSCC1)C(F)(F)F. The zero-order valence-electron chi connectivity index (χ0n) is 7.08. The van der Waals surface area contributed by atoms with Gasteiger partial charge in [-0.05, 0) is 24.3 Å². The summed E-state index contributed by atoms with van der Waals surface area (Å²) in [6.07, 6.45) is -0.122. The molecule has 8 heteroatoms. The summed E-state index contributed by atoms with van der Waals surface area (Å²) in [6.45, 7) is 0. The zero-order chi connectivity index (χ0) is 10.8. The number of halogens is 3. The van der Waals surface area contributed by atoms with Crippen molar-refractivity contribution in [2.24, 2.45) is 0 Å². The largest absolute Gasteiger partial charge is 0.523 e. The molecule has 0 amide bonds. The first-order valence-corrected chi connectivity index (χ1v) is 6.46. The Kier molecular flexibility index (Phi) is 3.70. The standard InChI is InChI=1S/C6H9F3O3S2/c7-6(8,9)14(10,11)12-5-1-3-13-4-2-5/h5H,1-4H2. The van der Waals surface area contributed by atoms with Crippen LogP contribution in [0.4, 0.5) is 13.2 Å². The van der Waals surface area contributed by atoms with Crippen LogP contribution in [0.5, 0.6) is 0 Å². The first-order valence-electron chi connectivity index (χ1n) is 3.90. The predicted octanol–water partition coefficient (Wildman–Crippen LogP) is 1.75. The molecule has 1 fully saturated rings. The molecule has 0 aromatic heterocycles. The fourth-order valence-electron chi connectivity index (χ4n) is 1.01. The lowest BCUT2D eigenvalue weighted by atomic mass is 10.2. The van der Waals surface area contributed by atoms with Crippen LogP contribution in [-0.4, -0.2) is 31.5 Å². The number of alkyl halides is 3. The van der Waals surface area contributed by atoms with Crippen LogP contribution in [0, 0.1) is 0 Å². The molecule has 0 radical (unpaired) electrons. The summed E-state index contributed by atoms with van der Waals surface area (Å²) < 4.78 is 60.8. The van der Waals surface area contributed by atoms with Crippen molar-refractivity contribution in [2.45, 2.75) is 24.5 Å². The van der Waals surface area contributed by atoms with Crippen molar-refractivity contribution in [1.82, 2.24) is 0 Å². The van der Waals surface area contributed by atoms with Crippen molar-refractivity contribution in [3.05, 3.63) is 0 Å². The summed E-state index contributed by atoms with van der Waals surface area (Å²) in [5.74, 6) is 1.27. The molecule has 1 heterocycles. The highest BCUT2D eigenvalue weighted by atomic mass is 32.2. The Labute approximate surface area is 84.1 Å². The summed E-state index contributed by atoms with van der Waals surface area (Å²) >= 11 is 1.58. The molecular weight excluding hydrogens is 241 g/mol. The minimum absolute atomic E-state index is 0.347. The maximum atomic E-state index is 11.9. The van der Waals surface area contributed by atoms with E-state index in [1.165, 1.54) is 0 Å². The summed E-state index contributed by atoms with van der Waals surface area (Å²) in [5.41, 5.74) is -5.31. The van der Waals surface area contributed by atoms with Crippen molar-refractivity contribution >= 4 is 21.9 Å². The Morgan fingerprint density at radius 3 is 2.14 bits per heavy atom. The van der Waals surface area contributed by atoms with Crippen molar-refractivity contribution in [1.29, 1.82) is 0 Å². The summed E-state index contributed by atoms with van der Waals surface area (Å²) in [4.78, 5) is 0. The van der Waals surface area contributed by atoms with Crippen LogP contribution in [0.3, 0.4) is 0 Å². The molecule has 1 rings (SSSR count). The van der Waals surface area contributed by atoms with Crippen LogP contribution in [0.25, 0.3) is 0 Å². The zero-order valence-corrected chi connectivity index (χ0v) is 8.71. The van der Waals surface area contributed by atoms with E-state index in [1.807, 2.05) is 0 Å². The molecule has 0 aromatic carbocycles. The summed E-state index contributed by atoms with van der Waals surface area (Å²) in [7, 11) is -5.41. The van der Waals surface area contributed by atoms with Crippen molar-refractivity contribution in [3.8, 4) is 0 Å². The van der Waals surface area contributed by atoms with Gasteiger partial charge < -0.3 is 0 Å². The molecule has 0 unspecified atom stereocenters. The second-order valence-electron chi connectivity index (χ2n) is 2.81. The third kappa shape index (κ3) is 3.03. The number of hydrogen-bond donors (Lipinski definition) is 0. The fraction of sp³-hybridized carbons (Fsp3) is 1.00. The topological polar surface area (TPSA) is 43.4 Å². The highest BCUT2D eigenvalue weighted by molar-refractivity contribution is 7.99. The van der Waals surface area contributed by atoms with E-state index in [-0.39, 0.29) is 0 Å². The Hall–Kier alpha value is 0.0500. The lowest BCUT2D eigenvalue weighted by molar-refractivity contribution is -0.0575. The molecule has 0 spiro atoms. The molecular formula is C6H9F3O3S2. The van der Waals surface area contributed by atoms with Gasteiger partial charge in [-0.25, -0.2) is 0 Å². The van der Waals surface area contributed by atoms with Gasteiger partial charge in [0.15, 0.2) is 0 Å². The number of hydrogen-bond acceptors (Lipinski definition) is 4. The maximum absolute atomic E-state index is 11.9. The van der Waals surface area contributed by atoms with E-state index in [1.54, 1.807) is 11.8 Å². The van der Waals surface area contributed by atoms with Crippen LogP contribution >= 0.6 is 11.8 Å². The van der Waals surface area contributed by atoms with E-state index < -0.39 is 21.7 Å². The molecule has 0 N–H and O–H groups in total. The Morgan fingerprint density at radius 1 is 1.21 bits per heavy atom. The summed E-state index contributed by atoms with van der Waals surface area (Å²) in [5, 5.41) is 0. The highest BCUT2D eigenvalue weighted by Gasteiger charge is 2.48. The van der Waals surface area contributed by atoms with Gasteiger partial charge in [-0.3, -0.25) is 4.18 Å². The van der Waals surface area contributed by atoms with Gasteiger partial charge in [0.25, 0.3) is 0 Å². The van der Waals surface area contributed by atoms with Crippen LogP contribution < -0.4 is 0 Å². The minimum Gasteiger partial charge on any atom is -0.260 e. The normalized spacial score (nSPS) is 21.1. The molecule has 14 heavy (non-hydrogen) atoms. The van der Waals surface area contributed by atoms with E-state index in [2.05, 4.69) is 4.18 Å². The second kappa shape index (κ2) is 4.28. The van der Waals surface area contributed by atoms with Crippen LogP contribution in [0.15, 0.2) is 0 Å². The molecule has 0 bridgehead atoms. The van der Waals surface area contributed by atoms with Crippen LogP contribution in [0.1, 0.15) is 12.8 Å². The van der Waals surface area contributed by atoms with Gasteiger partial charge in [0.05, 0.1) is 6.10 Å². The maximum Gasteiger partial charge on any atom is 0.523 e. The highest BCUT2D eigenvalue weighted by Crippen LogP contribution is 2.29. The number of rotatable bonds is 2. The molecule has 84 valence electrons. The van der Waals surface area contributed by atoms with Crippen LogP contribution in [-0.2, 0) is 14.3 Å². The molecule has 1 aliphatic heterocycles. The van der Waals surface area contributed by atoms with Crippen molar-refractivity contribution < 1.29 is 25.8 Å². The Balaban J connectivity index is 2.58. The van der Waals surface area contributed by atoms with Gasteiger partial charge in [0.1, 0.15) is 0 Å². The fourth-order valence-corrected chi connectivity index (χ4v) is 2.73. The molecule has 3 nitrogen and oxygen atoms in total. The van der Waals surface area contributed by atoms with Gasteiger partial charge in [0.2, 0.25) is 0 Å². The van der Waals surface area contributed by atoms with E-state index in [4.69, 9.17) is 0 Å². The van der Waals surface area contributed by atoms with E-state index in [0.29, 0.717) is 24.3 Å². The van der Waals surface area contributed by atoms with Gasteiger partial charge in [-0.2, -0.15) is 33.4 Å². The predicted molar refractivity (Wildman–Crippen MR) is 46.4 cm³/mol. The number of thioether (sulfide) groups is 1.